The molecule has 4 heteroatoms. The van der Waals surface area contributed by atoms with Crippen LogP contribution in [0.2, 0.25) is 0 Å². The minimum absolute atomic E-state index is 0.0243. The Kier molecular flexibility index (Phi) is 5.25. The average Bonchev–Trinajstić information content (AvgIpc) is 2.26. The molecule has 0 unspecified atom stereocenters. The third-order valence-corrected chi connectivity index (χ3v) is 2.66. The van der Waals surface area contributed by atoms with Gasteiger partial charge < -0.3 is 18.9 Å². The van der Waals surface area contributed by atoms with Gasteiger partial charge in [0.2, 0.25) is 0 Å². The molecule has 0 amide bonds. The summed E-state index contributed by atoms with van der Waals surface area (Å²) < 4.78 is 21.9. The second-order valence-electron chi connectivity index (χ2n) is 3.60. The smallest absolute Gasteiger partial charge is 0.115 e. The van der Waals surface area contributed by atoms with Gasteiger partial charge in [-0.2, -0.15) is 0 Å². The van der Waals surface area contributed by atoms with Crippen molar-refractivity contribution in [2.75, 3.05) is 27.4 Å². The van der Waals surface area contributed by atoms with Crippen LogP contribution < -0.4 is 0 Å². The minimum atomic E-state index is -0.0956. The van der Waals surface area contributed by atoms with E-state index in [9.17, 15) is 0 Å². The largest absolute Gasteiger partial charge is 0.376 e. The summed E-state index contributed by atoms with van der Waals surface area (Å²) in [6, 6.07) is 0. The number of methoxy groups -OCH3 is 2. The number of hydrogen-bond donors (Lipinski definition) is 0. The summed E-state index contributed by atoms with van der Waals surface area (Å²) in [7, 11) is 3.31. The summed E-state index contributed by atoms with van der Waals surface area (Å²) in [5, 5.41) is 0. The first-order valence-electron chi connectivity index (χ1n) is 5.14. The summed E-state index contributed by atoms with van der Waals surface area (Å²) in [6.45, 7) is 6.64. The van der Waals surface area contributed by atoms with E-state index in [1.54, 1.807) is 20.3 Å². The number of rotatable bonds is 5. The van der Waals surface area contributed by atoms with E-state index < -0.39 is 0 Å². The Labute approximate surface area is 91.1 Å². The molecule has 0 saturated carbocycles. The third-order valence-electron chi connectivity index (χ3n) is 2.66. The van der Waals surface area contributed by atoms with Gasteiger partial charge in [0.25, 0.3) is 0 Å². The fraction of sp³-hybridized carbons (Fsp3) is 0.818. The van der Waals surface area contributed by atoms with E-state index in [1.165, 1.54) is 0 Å². The van der Waals surface area contributed by atoms with Crippen molar-refractivity contribution in [1.82, 2.24) is 0 Å². The summed E-state index contributed by atoms with van der Waals surface area (Å²) in [6.07, 6.45) is 1.48. The van der Waals surface area contributed by atoms with E-state index in [0.29, 0.717) is 13.2 Å². The molecule has 4 atom stereocenters. The second-order valence-corrected chi connectivity index (χ2v) is 3.60. The quantitative estimate of drug-likeness (QED) is 0.643. The maximum atomic E-state index is 5.66. The van der Waals surface area contributed by atoms with E-state index >= 15 is 0 Å². The molecule has 1 heterocycles. The normalized spacial score (nSPS) is 36.5. The van der Waals surface area contributed by atoms with Crippen molar-refractivity contribution in [1.29, 1.82) is 0 Å². The van der Waals surface area contributed by atoms with Crippen molar-refractivity contribution >= 4 is 0 Å². The van der Waals surface area contributed by atoms with Gasteiger partial charge >= 0.3 is 0 Å². The number of ether oxygens (including phenoxy) is 4. The Morgan fingerprint density at radius 2 is 2.07 bits per heavy atom. The van der Waals surface area contributed by atoms with Crippen LogP contribution in [0.15, 0.2) is 12.7 Å². The molecule has 0 bridgehead atoms. The number of hydrogen-bond acceptors (Lipinski definition) is 4. The molecule has 0 aromatic carbocycles. The predicted molar refractivity (Wildman–Crippen MR) is 56.9 cm³/mol. The van der Waals surface area contributed by atoms with Gasteiger partial charge in [-0.05, 0) is 6.92 Å². The van der Waals surface area contributed by atoms with Crippen molar-refractivity contribution < 1.29 is 18.9 Å². The maximum Gasteiger partial charge on any atom is 0.115 e. The highest BCUT2D eigenvalue weighted by atomic mass is 16.6. The third kappa shape index (κ3) is 3.01. The van der Waals surface area contributed by atoms with Gasteiger partial charge in [0.05, 0.1) is 19.3 Å². The maximum absolute atomic E-state index is 5.66. The second kappa shape index (κ2) is 6.23. The van der Waals surface area contributed by atoms with Crippen molar-refractivity contribution in [3.05, 3.63) is 12.7 Å². The topological polar surface area (TPSA) is 36.9 Å². The van der Waals surface area contributed by atoms with Gasteiger partial charge in [0.15, 0.2) is 0 Å². The van der Waals surface area contributed by atoms with E-state index in [0.717, 1.165) is 0 Å². The summed E-state index contributed by atoms with van der Waals surface area (Å²) in [4.78, 5) is 0. The summed E-state index contributed by atoms with van der Waals surface area (Å²) in [5.74, 6) is 0. The first-order valence-corrected chi connectivity index (χ1v) is 5.14. The van der Waals surface area contributed by atoms with Crippen LogP contribution in [-0.2, 0) is 18.9 Å². The fourth-order valence-electron chi connectivity index (χ4n) is 1.82. The lowest BCUT2D eigenvalue weighted by atomic mass is 10.0. The van der Waals surface area contributed by atoms with Crippen molar-refractivity contribution in [2.24, 2.45) is 0 Å². The highest BCUT2D eigenvalue weighted by molar-refractivity contribution is 4.88. The zero-order valence-corrected chi connectivity index (χ0v) is 9.64. The Bertz CT molecular complexity index is 195. The van der Waals surface area contributed by atoms with Gasteiger partial charge in [-0.25, -0.2) is 0 Å². The molecular formula is C11H20O4. The van der Waals surface area contributed by atoms with E-state index in [4.69, 9.17) is 18.9 Å². The van der Waals surface area contributed by atoms with Gasteiger partial charge in [0.1, 0.15) is 18.3 Å². The lowest BCUT2D eigenvalue weighted by Crippen LogP contribution is -2.54. The molecule has 1 fully saturated rings. The molecule has 0 radical (unpaired) electrons. The van der Waals surface area contributed by atoms with Crippen LogP contribution in [0.25, 0.3) is 0 Å². The first-order chi connectivity index (χ1) is 7.24. The molecule has 0 spiro atoms. The zero-order chi connectivity index (χ0) is 11.3. The standard InChI is InChI=1S/C11H20O4/c1-5-6-14-11-9(12-3)7-15-8(2)10(11)13-4/h5,8-11H,1,6-7H2,2-4H3/t8-,9+,10-,11+/m0/s1. The molecule has 0 aromatic rings. The van der Waals surface area contributed by atoms with Crippen LogP contribution in [0.5, 0.6) is 0 Å². The van der Waals surface area contributed by atoms with Crippen LogP contribution in [0, 0.1) is 0 Å². The molecule has 0 aromatic heterocycles. The van der Waals surface area contributed by atoms with Crippen LogP contribution in [0.1, 0.15) is 6.92 Å². The highest BCUT2D eigenvalue weighted by Gasteiger charge is 2.39. The average molecular weight is 216 g/mol. The van der Waals surface area contributed by atoms with Crippen molar-refractivity contribution in [2.45, 2.75) is 31.3 Å². The highest BCUT2D eigenvalue weighted by Crippen LogP contribution is 2.22. The molecular weight excluding hydrogens is 196 g/mol. The van der Waals surface area contributed by atoms with Gasteiger partial charge in [-0.3, -0.25) is 0 Å². The van der Waals surface area contributed by atoms with Gasteiger partial charge in [0, 0.05) is 14.2 Å². The molecule has 1 aliphatic heterocycles. The first kappa shape index (κ1) is 12.6. The minimum Gasteiger partial charge on any atom is -0.376 e. The Morgan fingerprint density at radius 3 is 2.60 bits per heavy atom. The predicted octanol–water partition coefficient (Wildman–Crippen LogP) is 1.01. The molecule has 15 heavy (non-hydrogen) atoms. The lowest BCUT2D eigenvalue weighted by Gasteiger charge is -2.39. The molecule has 1 aliphatic rings. The molecule has 0 aliphatic carbocycles. The SMILES string of the molecule is C=CCO[C@H]1[C@@H](OC)[C@H](C)OC[C@H]1OC. The summed E-state index contributed by atoms with van der Waals surface area (Å²) in [5.41, 5.74) is 0. The van der Waals surface area contributed by atoms with E-state index in [1.807, 2.05) is 6.92 Å². The van der Waals surface area contributed by atoms with Crippen LogP contribution in [0.4, 0.5) is 0 Å². The lowest BCUT2D eigenvalue weighted by molar-refractivity contribution is -0.211. The summed E-state index contributed by atoms with van der Waals surface area (Å²) >= 11 is 0. The van der Waals surface area contributed by atoms with Crippen LogP contribution in [-0.4, -0.2) is 51.8 Å². The van der Waals surface area contributed by atoms with Crippen LogP contribution >= 0.6 is 0 Å². The fourth-order valence-corrected chi connectivity index (χ4v) is 1.82. The van der Waals surface area contributed by atoms with E-state index in [-0.39, 0.29) is 24.4 Å². The van der Waals surface area contributed by atoms with Crippen LogP contribution in [0.3, 0.4) is 0 Å². The van der Waals surface area contributed by atoms with Gasteiger partial charge in [-0.15, -0.1) is 6.58 Å². The zero-order valence-electron chi connectivity index (χ0n) is 9.64. The molecule has 1 rings (SSSR count). The van der Waals surface area contributed by atoms with Gasteiger partial charge in [-0.1, -0.05) is 6.08 Å². The van der Waals surface area contributed by atoms with Crippen molar-refractivity contribution in [3.63, 3.8) is 0 Å². The molecule has 1 saturated heterocycles. The monoisotopic (exact) mass is 216 g/mol. The Balaban J connectivity index is 2.64. The molecule has 88 valence electrons. The van der Waals surface area contributed by atoms with E-state index in [2.05, 4.69) is 6.58 Å². The van der Waals surface area contributed by atoms with Crippen molar-refractivity contribution in [3.8, 4) is 0 Å². The Hall–Kier alpha value is -0.420. The molecule has 4 nitrogen and oxygen atoms in total. The Morgan fingerprint density at radius 1 is 1.33 bits per heavy atom. The molecule has 0 N–H and O–H groups in total.